The second kappa shape index (κ2) is 19.4. The molecule has 0 saturated carbocycles. The highest BCUT2D eigenvalue weighted by atomic mass is 32.2. The number of carbonyl (C=O) groups excluding carboxylic acids is 3. The topological polar surface area (TPSA) is 93.7 Å². The fourth-order valence-corrected chi connectivity index (χ4v) is 11.1. The van der Waals surface area contributed by atoms with Crippen LogP contribution in [0, 0.1) is 0 Å². The van der Waals surface area contributed by atoms with Gasteiger partial charge in [-0.3, -0.25) is 4.79 Å². The SMILES string of the molecule is COC(=O)C(CSC(c1ccccc1)(c1ccccc1)c1ccccc1)NC(=O)C(CSC(c1ccccc1)(c1ccccc1)c1cccs1)NC(=O)OC(C)(C)C. The van der Waals surface area contributed by atoms with Crippen molar-refractivity contribution in [1.82, 2.24) is 10.6 Å². The molecule has 298 valence electrons. The average Bonchev–Trinajstić information content (AvgIpc) is 3.80. The van der Waals surface area contributed by atoms with Crippen molar-refractivity contribution in [3.8, 4) is 0 Å². The Bertz CT molecular complexity index is 2060. The summed E-state index contributed by atoms with van der Waals surface area (Å²) in [7, 11) is 1.31. The van der Waals surface area contributed by atoms with Gasteiger partial charge in [-0.2, -0.15) is 0 Å². The monoisotopic (exact) mass is 828 g/mol. The van der Waals surface area contributed by atoms with E-state index in [2.05, 4.69) is 77.4 Å². The highest BCUT2D eigenvalue weighted by Gasteiger charge is 2.42. The molecule has 6 aromatic rings. The van der Waals surface area contributed by atoms with Gasteiger partial charge in [-0.05, 0) is 60.0 Å². The third kappa shape index (κ3) is 9.86. The Morgan fingerprint density at radius 3 is 1.33 bits per heavy atom. The van der Waals surface area contributed by atoms with E-state index in [4.69, 9.17) is 9.47 Å². The van der Waals surface area contributed by atoms with Crippen LogP contribution in [-0.2, 0) is 28.6 Å². The summed E-state index contributed by atoms with van der Waals surface area (Å²) in [6, 6.07) is 52.6. The van der Waals surface area contributed by atoms with Crippen molar-refractivity contribution in [2.45, 2.75) is 47.9 Å². The van der Waals surface area contributed by atoms with E-state index in [1.54, 1.807) is 32.1 Å². The number of thiophene rings is 1. The zero-order chi connectivity index (χ0) is 41.0. The second-order valence-electron chi connectivity index (χ2n) is 14.6. The molecule has 6 rings (SSSR count). The van der Waals surface area contributed by atoms with E-state index in [0.717, 1.165) is 32.7 Å². The van der Waals surface area contributed by atoms with Gasteiger partial charge in [-0.1, -0.05) is 158 Å². The summed E-state index contributed by atoms with van der Waals surface area (Å²) >= 11 is 4.70. The van der Waals surface area contributed by atoms with Crippen molar-refractivity contribution < 1.29 is 23.9 Å². The smallest absolute Gasteiger partial charge is 0.408 e. The van der Waals surface area contributed by atoms with Crippen molar-refractivity contribution in [3.63, 3.8) is 0 Å². The molecule has 2 atom stereocenters. The van der Waals surface area contributed by atoms with Crippen LogP contribution >= 0.6 is 34.9 Å². The molecule has 2 amide bonds. The summed E-state index contributed by atoms with van der Waals surface area (Å²) < 4.78 is 9.50. The molecule has 2 unspecified atom stereocenters. The minimum Gasteiger partial charge on any atom is -0.467 e. The van der Waals surface area contributed by atoms with Crippen LogP contribution < -0.4 is 10.6 Å². The molecule has 0 aliphatic rings. The number of hydrogen-bond donors (Lipinski definition) is 2. The lowest BCUT2D eigenvalue weighted by atomic mass is 9.84. The molecular formula is C48H48N2O5S3. The zero-order valence-electron chi connectivity index (χ0n) is 33.0. The summed E-state index contributed by atoms with van der Waals surface area (Å²) in [6.07, 6.45) is -0.741. The lowest BCUT2D eigenvalue weighted by Crippen LogP contribution is -2.54. The van der Waals surface area contributed by atoms with Gasteiger partial charge in [-0.15, -0.1) is 34.9 Å². The first kappa shape index (κ1) is 42.3. The minimum atomic E-state index is -1.11. The maximum absolute atomic E-state index is 14.7. The van der Waals surface area contributed by atoms with Crippen molar-refractivity contribution in [1.29, 1.82) is 0 Å². The van der Waals surface area contributed by atoms with Crippen LogP contribution in [0.5, 0.6) is 0 Å². The second-order valence-corrected chi connectivity index (χ2v) is 18.0. The van der Waals surface area contributed by atoms with E-state index in [1.165, 1.54) is 30.6 Å². The van der Waals surface area contributed by atoms with E-state index in [0.29, 0.717) is 0 Å². The van der Waals surface area contributed by atoms with Gasteiger partial charge in [0, 0.05) is 16.4 Å². The van der Waals surface area contributed by atoms with Gasteiger partial charge in [0.05, 0.1) is 16.6 Å². The molecule has 58 heavy (non-hydrogen) atoms. The molecule has 0 bridgehead atoms. The number of nitrogens with one attached hydrogen (secondary N) is 2. The van der Waals surface area contributed by atoms with Crippen LogP contribution in [0.4, 0.5) is 4.79 Å². The summed E-state index contributed by atoms with van der Waals surface area (Å²) in [4.78, 5) is 42.9. The van der Waals surface area contributed by atoms with Gasteiger partial charge >= 0.3 is 12.1 Å². The molecule has 5 aromatic carbocycles. The number of ether oxygens (including phenoxy) is 2. The van der Waals surface area contributed by atoms with Crippen LogP contribution in [-0.4, -0.2) is 54.3 Å². The molecule has 1 aromatic heterocycles. The maximum Gasteiger partial charge on any atom is 0.408 e. The standard InChI is InChI=1S/C48H48N2O5S3/c1-46(2,3)55-45(53)50-40(33-58-48(42-31-20-32-56-42,38-27-16-8-17-28-38)39-29-18-9-19-30-39)43(51)49-41(44(52)54-4)34-57-47(35-21-10-5-11-22-35,36-23-12-6-13-24-36)37-25-14-7-15-26-37/h5-32,40-41H,33-34H2,1-4H3,(H,49,51)(H,50,53). The van der Waals surface area contributed by atoms with Gasteiger partial charge < -0.3 is 20.1 Å². The number of rotatable bonds is 16. The third-order valence-corrected chi connectivity index (χ3v) is 13.9. The number of esters is 1. The largest absolute Gasteiger partial charge is 0.467 e. The number of methoxy groups -OCH3 is 1. The number of benzene rings is 5. The molecule has 0 fully saturated rings. The molecule has 7 nitrogen and oxygen atoms in total. The average molecular weight is 829 g/mol. The Balaban J connectivity index is 1.36. The van der Waals surface area contributed by atoms with Crippen LogP contribution in [0.25, 0.3) is 0 Å². The van der Waals surface area contributed by atoms with Gasteiger partial charge in [0.25, 0.3) is 0 Å². The van der Waals surface area contributed by atoms with Crippen molar-refractivity contribution in [3.05, 3.63) is 202 Å². The Morgan fingerprint density at radius 1 is 0.552 bits per heavy atom. The van der Waals surface area contributed by atoms with E-state index >= 15 is 0 Å². The summed E-state index contributed by atoms with van der Waals surface area (Å²) in [5.74, 6) is -0.860. The summed E-state index contributed by atoms with van der Waals surface area (Å²) in [5.41, 5.74) is 4.27. The third-order valence-electron chi connectivity index (χ3n) is 9.51. The molecule has 0 radical (unpaired) electrons. The first-order valence-electron chi connectivity index (χ1n) is 19.0. The zero-order valence-corrected chi connectivity index (χ0v) is 35.5. The van der Waals surface area contributed by atoms with E-state index in [1.807, 2.05) is 102 Å². The van der Waals surface area contributed by atoms with Crippen LogP contribution in [0.2, 0.25) is 0 Å². The van der Waals surface area contributed by atoms with Crippen LogP contribution in [0.1, 0.15) is 53.5 Å². The highest BCUT2D eigenvalue weighted by Crippen LogP contribution is 2.51. The van der Waals surface area contributed by atoms with Crippen molar-refractivity contribution in [2.24, 2.45) is 0 Å². The minimum absolute atomic E-state index is 0.135. The Labute approximate surface area is 354 Å². The summed E-state index contributed by atoms with van der Waals surface area (Å²) in [5, 5.41) is 7.90. The Kier molecular flexibility index (Phi) is 14.2. The molecule has 0 saturated heterocycles. The molecule has 1 heterocycles. The number of amides is 2. The first-order chi connectivity index (χ1) is 28.1. The van der Waals surface area contributed by atoms with E-state index < -0.39 is 45.1 Å². The van der Waals surface area contributed by atoms with Gasteiger partial charge in [0.1, 0.15) is 17.7 Å². The van der Waals surface area contributed by atoms with Gasteiger partial charge in [-0.25, -0.2) is 9.59 Å². The predicted molar refractivity (Wildman–Crippen MR) is 238 cm³/mol. The number of hydrogen-bond acceptors (Lipinski definition) is 8. The molecule has 0 spiro atoms. The van der Waals surface area contributed by atoms with Crippen molar-refractivity contribution in [2.75, 3.05) is 18.6 Å². The summed E-state index contributed by atoms with van der Waals surface area (Å²) in [6.45, 7) is 5.31. The number of carbonyl (C=O) groups is 3. The van der Waals surface area contributed by atoms with Gasteiger partial charge in [0.15, 0.2) is 0 Å². The highest BCUT2D eigenvalue weighted by molar-refractivity contribution is 8.01. The molecule has 0 aliphatic carbocycles. The number of thioether (sulfide) groups is 2. The lowest BCUT2D eigenvalue weighted by molar-refractivity contribution is -0.144. The fourth-order valence-electron chi connectivity index (χ4n) is 6.91. The normalized spacial score (nSPS) is 12.8. The molecular weight excluding hydrogens is 781 g/mol. The number of alkyl carbamates (subject to hydrolysis) is 1. The Hall–Kier alpha value is -5.29. The first-order valence-corrected chi connectivity index (χ1v) is 21.9. The van der Waals surface area contributed by atoms with E-state index in [-0.39, 0.29) is 11.5 Å². The van der Waals surface area contributed by atoms with Gasteiger partial charge in [0.2, 0.25) is 5.91 Å². The lowest BCUT2D eigenvalue weighted by Gasteiger charge is -2.37. The van der Waals surface area contributed by atoms with Crippen LogP contribution in [0.3, 0.4) is 0 Å². The quantitative estimate of drug-likeness (QED) is 0.0741. The molecule has 10 heteroatoms. The van der Waals surface area contributed by atoms with Crippen molar-refractivity contribution >= 4 is 52.8 Å². The van der Waals surface area contributed by atoms with Crippen LogP contribution in [0.15, 0.2) is 169 Å². The maximum atomic E-state index is 14.7. The fraction of sp³-hybridized carbons (Fsp3) is 0.229. The molecule has 0 aliphatic heterocycles. The predicted octanol–water partition coefficient (Wildman–Crippen LogP) is 10.0. The van der Waals surface area contributed by atoms with E-state index in [9.17, 15) is 14.4 Å². The molecule has 2 N–H and O–H groups in total. The Morgan fingerprint density at radius 2 is 0.948 bits per heavy atom.